The van der Waals surface area contributed by atoms with E-state index in [1.54, 1.807) is 88.4 Å². The van der Waals surface area contributed by atoms with Crippen molar-refractivity contribution in [1.82, 2.24) is 0 Å². The molecule has 0 saturated carbocycles. The van der Waals surface area contributed by atoms with Crippen LogP contribution in [-0.4, -0.2) is 28.4 Å². The van der Waals surface area contributed by atoms with Gasteiger partial charge in [0.05, 0.1) is 19.6 Å². The average molecular weight is 1120 g/mol. The maximum absolute atomic E-state index is 13.2. The highest BCUT2D eigenvalue weighted by Gasteiger charge is 2.21. The second-order valence-corrected chi connectivity index (χ2v) is 22.7. The number of sulfone groups is 2. The first-order valence-electron chi connectivity index (χ1n) is 22.3. The fourth-order valence-corrected chi connectivity index (χ4v) is 10.2. The molecular weight excluding hydrogens is 1070 g/mol. The van der Waals surface area contributed by atoms with Crippen molar-refractivity contribution in [2.75, 3.05) is 0 Å². The molecule has 16 heteroatoms. The van der Waals surface area contributed by atoms with Crippen molar-refractivity contribution in [3.8, 4) is 0 Å². The number of carbonyl (C=O) groups is 2. The standard InChI is InChI=1S/C15H12Cl2O.C15H12F2O.C14H12Cl2O2S.C14H12F2O2S/c2*1-9-7-11(3-5-13(9)16)15(18)12-4-6-14(17)10(2)8-12;2*1-9-7-11(3-5-13(9)15)19(17,18)12-4-6-14(16)10(2)8-12/h2*3-8H,1-2H3;2*3-8H,1-2H3. The maximum Gasteiger partial charge on any atom is 0.206 e. The zero-order valence-corrected chi connectivity index (χ0v) is 45.8. The molecule has 0 aliphatic carbocycles. The largest absolute Gasteiger partial charge is 0.289 e. The molecule has 0 atom stereocenters. The van der Waals surface area contributed by atoms with Crippen LogP contribution in [0.15, 0.2) is 165 Å². The van der Waals surface area contributed by atoms with Crippen molar-refractivity contribution in [2.45, 2.75) is 75.0 Å². The molecule has 384 valence electrons. The Bertz CT molecular complexity index is 3220. The SMILES string of the molecule is Cc1cc(C(=O)c2ccc(Cl)c(C)c2)ccc1Cl.Cc1cc(C(=O)c2ccc(F)c(C)c2)ccc1F.Cc1cc(S(=O)(=O)c2ccc(Cl)c(C)c2)ccc1Cl.Cc1cc(S(=O)(=O)c2ccc(F)c(C)c2)ccc1F. The van der Waals surface area contributed by atoms with Crippen molar-refractivity contribution >= 4 is 77.6 Å². The number of carbonyl (C=O) groups excluding carboxylic acids is 2. The molecule has 0 aromatic heterocycles. The van der Waals surface area contributed by atoms with Crippen LogP contribution in [0.5, 0.6) is 0 Å². The lowest BCUT2D eigenvalue weighted by Crippen LogP contribution is -2.03. The molecule has 74 heavy (non-hydrogen) atoms. The summed E-state index contributed by atoms with van der Waals surface area (Å²) >= 11 is 23.7. The Balaban J connectivity index is 0.000000183. The average Bonchev–Trinajstić information content (AvgIpc) is 3.35. The van der Waals surface area contributed by atoms with E-state index in [1.165, 1.54) is 86.6 Å². The summed E-state index contributed by atoms with van der Waals surface area (Å²) < 4.78 is 102. The topological polar surface area (TPSA) is 102 Å². The molecule has 8 rings (SSSR count). The molecule has 0 saturated heterocycles. The van der Waals surface area contributed by atoms with Gasteiger partial charge < -0.3 is 0 Å². The molecule has 0 aliphatic heterocycles. The first-order valence-corrected chi connectivity index (χ1v) is 26.8. The van der Waals surface area contributed by atoms with E-state index in [2.05, 4.69) is 0 Å². The minimum Gasteiger partial charge on any atom is -0.289 e. The van der Waals surface area contributed by atoms with Crippen LogP contribution in [0.3, 0.4) is 0 Å². The van der Waals surface area contributed by atoms with E-state index in [9.17, 15) is 44.0 Å². The van der Waals surface area contributed by atoms with Crippen molar-refractivity contribution < 1.29 is 44.0 Å². The van der Waals surface area contributed by atoms with Gasteiger partial charge in [0.15, 0.2) is 11.6 Å². The van der Waals surface area contributed by atoms with Gasteiger partial charge in [-0.15, -0.1) is 0 Å². The molecule has 0 spiro atoms. The molecule has 8 aromatic rings. The minimum atomic E-state index is -3.75. The molecule has 0 heterocycles. The Hall–Kier alpha value is -6.12. The first-order chi connectivity index (χ1) is 34.6. The number of hydrogen-bond acceptors (Lipinski definition) is 6. The molecule has 0 fully saturated rings. The van der Waals surface area contributed by atoms with Gasteiger partial charge in [0.25, 0.3) is 0 Å². The predicted molar refractivity (Wildman–Crippen MR) is 287 cm³/mol. The van der Waals surface area contributed by atoms with Crippen LogP contribution in [0.2, 0.25) is 20.1 Å². The van der Waals surface area contributed by atoms with Crippen LogP contribution >= 0.6 is 46.4 Å². The highest BCUT2D eigenvalue weighted by Crippen LogP contribution is 2.29. The van der Waals surface area contributed by atoms with Gasteiger partial charge in [-0.25, -0.2) is 34.4 Å². The molecule has 0 N–H and O–H groups in total. The number of rotatable bonds is 8. The number of ketones is 2. The molecule has 8 aromatic carbocycles. The highest BCUT2D eigenvalue weighted by molar-refractivity contribution is 7.91. The molecule has 0 unspecified atom stereocenters. The van der Waals surface area contributed by atoms with Crippen LogP contribution in [0, 0.1) is 78.7 Å². The third-order valence-corrected chi connectivity index (χ3v) is 16.6. The number of halogens is 8. The number of aryl methyl sites for hydroxylation is 8. The van der Waals surface area contributed by atoms with Gasteiger partial charge in [0.1, 0.15) is 23.3 Å². The van der Waals surface area contributed by atoms with Crippen LogP contribution in [0.4, 0.5) is 17.6 Å². The summed E-state index contributed by atoms with van der Waals surface area (Å²) in [4.78, 5) is 24.9. The summed E-state index contributed by atoms with van der Waals surface area (Å²) in [5.74, 6) is -1.87. The van der Waals surface area contributed by atoms with Crippen LogP contribution in [0.25, 0.3) is 0 Å². The van der Waals surface area contributed by atoms with Crippen LogP contribution in [-0.2, 0) is 19.7 Å². The molecule has 0 bridgehead atoms. The van der Waals surface area contributed by atoms with Crippen molar-refractivity contribution in [2.24, 2.45) is 0 Å². The Morgan fingerprint density at radius 2 is 0.486 bits per heavy atom. The smallest absolute Gasteiger partial charge is 0.206 e. The van der Waals surface area contributed by atoms with E-state index < -0.39 is 31.3 Å². The number of benzene rings is 8. The van der Waals surface area contributed by atoms with E-state index in [4.69, 9.17) is 46.4 Å². The van der Waals surface area contributed by atoms with E-state index >= 15 is 0 Å². The first kappa shape index (κ1) is 58.8. The zero-order valence-electron chi connectivity index (χ0n) is 41.1. The quantitative estimate of drug-likeness (QED) is 0.0853. The monoisotopic (exact) mass is 1120 g/mol. The Morgan fingerprint density at radius 3 is 0.730 bits per heavy atom. The summed E-state index contributed by atoms with van der Waals surface area (Å²) in [6.07, 6.45) is 0. The summed E-state index contributed by atoms with van der Waals surface area (Å²) in [7, 11) is -7.29. The lowest BCUT2D eigenvalue weighted by molar-refractivity contribution is 0.103. The van der Waals surface area contributed by atoms with E-state index in [-0.39, 0.29) is 53.9 Å². The highest BCUT2D eigenvalue weighted by atomic mass is 35.5. The molecule has 6 nitrogen and oxygen atoms in total. The molecule has 0 aliphatic rings. The van der Waals surface area contributed by atoms with Gasteiger partial charge in [0, 0.05) is 42.3 Å². The van der Waals surface area contributed by atoms with Gasteiger partial charge in [-0.1, -0.05) is 46.4 Å². The van der Waals surface area contributed by atoms with E-state index in [1.807, 2.05) is 13.8 Å². The van der Waals surface area contributed by atoms with Crippen LogP contribution < -0.4 is 0 Å². The molecule has 0 radical (unpaired) electrons. The normalized spacial score (nSPS) is 11.0. The van der Waals surface area contributed by atoms with Gasteiger partial charge >= 0.3 is 0 Å². The number of hydrogen-bond donors (Lipinski definition) is 0. The Kier molecular flexibility index (Phi) is 19.8. The lowest BCUT2D eigenvalue weighted by atomic mass is 10.00. The van der Waals surface area contributed by atoms with Crippen molar-refractivity contribution in [3.63, 3.8) is 0 Å². The summed E-state index contributed by atoms with van der Waals surface area (Å²) in [6, 6.07) is 35.5. The summed E-state index contributed by atoms with van der Waals surface area (Å²) in [5, 5.41) is 2.43. The maximum atomic E-state index is 13.2. The van der Waals surface area contributed by atoms with E-state index in [0.29, 0.717) is 53.5 Å². The predicted octanol–water partition coefficient (Wildman–Crippen LogP) is 16.5. The second-order valence-electron chi connectivity index (χ2n) is 17.2. The van der Waals surface area contributed by atoms with Crippen LogP contribution in [0.1, 0.15) is 76.4 Å². The van der Waals surface area contributed by atoms with Gasteiger partial charge in [-0.2, -0.15) is 0 Å². The fraction of sp³-hybridized carbons (Fsp3) is 0.138. The second kappa shape index (κ2) is 24.9. The molecule has 0 amide bonds. The zero-order chi connectivity index (χ0) is 55.0. The van der Waals surface area contributed by atoms with Crippen molar-refractivity contribution in [3.05, 3.63) is 256 Å². The Labute approximate surface area is 449 Å². The van der Waals surface area contributed by atoms with E-state index in [0.717, 1.165) is 34.4 Å². The lowest BCUT2D eigenvalue weighted by Gasteiger charge is -2.08. The summed E-state index contributed by atoms with van der Waals surface area (Å²) in [5.41, 5.74) is 6.67. The fourth-order valence-electron chi connectivity index (χ4n) is 6.89. The Morgan fingerprint density at radius 1 is 0.297 bits per heavy atom. The summed E-state index contributed by atoms with van der Waals surface area (Å²) in [6.45, 7) is 13.5. The van der Waals surface area contributed by atoms with Crippen molar-refractivity contribution in [1.29, 1.82) is 0 Å². The third kappa shape index (κ3) is 14.6. The van der Waals surface area contributed by atoms with Gasteiger partial charge in [-0.05, 0) is 245 Å². The van der Waals surface area contributed by atoms with Gasteiger partial charge in [-0.3, -0.25) is 9.59 Å². The minimum absolute atomic E-state index is 0.00240. The third-order valence-electron chi connectivity index (χ3n) is 11.4. The molecular formula is C58H48Cl4F4O6S2. The van der Waals surface area contributed by atoms with Gasteiger partial charge in [0.2, 0.25) is 19.7 Å².